The van der Waals surface area contributed by atoms with E-state index in [1.807, 2.05) is 0 Å². The molecule has 1 aliphatic rings. The van der Waals surface area contributed by atoms with E-state index in [1.165, 1.54) is 58.3 Å². The first kappa shape index (κ1) is 34.1. The Morgan fingerprint density at radius 1 is 0.919 bits per heavy atom. The van der Waals surface area contributed by atoms with E-state index in [-0.39, 0.29) is 13.2 Å². The maximum atomic E-state index is 11.5. The number of hydrogen-bond donors (Lipinski definition) is 4. The quantitative estimate of drug-likeness (QED) is 0.0915. The summed E-state index contributed by atoms with van der Waals surface area (Å²) in [5, 5.41) is 29.8. The van der Waals surface area contributed by atoms with Gasteiger partial charge in [0.2, 0.25) is 0 Å². The summed E-state index contributed by atoms with van der Waals surface area (Å²) in [6, 6.07) is 0. The molecule has 12 nitrogen and oxygen atoms in total. The normalized spacial score (nSPS) is 25.2. The van der Waals surface area contributed by atoms with Crippen molar-refractivity contribution in [1.29, 1.82) is 0 Å². The maximum Gasteiger partial charge on any atom is 0.397 e. The summed E-state index contributed by atoms with van der Waals surface area (Å²) in [5.41, 5.74) is 0. The van der Waals surface area contributed by atoms with E-state index < -0.39 is 59.8 Å². The standard InChI is InChI=1S/C24H46O12S/c1-3-4-5-6-7-8-9-10-11-12-13-14-32-16-19(34-18(2)26)17-33-24-22(28)23(36-37(29,30)31)21(27)20(15-25)35-24/h19-25,27-28H,3-17H2,1-2H3,(H,29,30,31). The molecule has 0 aliphatic carbocycles. The van der Waals surface area contributed by atoms with Crippen molar-refractivity contribution in [3.8, 4) is 0 Å². The smallest absolute Gasteiger partial charge is 0.397 e. The Morgan fingerprint density at radius 2 is 1.49 bits per heavy atom. The van der Waals surface area contributed by atoms with Crippen molar-refractivity contribution >= 4 is 16.4 Å². The van der Waals surface area contributed by atoms with Gasteiger partial charge in [-0.3, -0.25) is 9.35 Å². The molecule has 1 saturated heterocycles. The molecule has 4 N–H and O–H groups in total. The molecule has 1 heterocycles. The second-order valence-electron chi connectivity index (χ2n) is 9.37. The highest BCUT2D eigenvalue weighted by Crippen LogP contribution is 2.25. The number of aliphatic hydroxyl groups is 3. The highest BCUT2D eigenvalue weighted by molar-refractivity contribution is 7.80. The molecule has 0 spiro atoms. The average molecular weight is 559 g/mol. The highest BCUT2D eigenvalue weighted by Gasteiger charge is 2.47. The number of esters is 1. The van der Waals surface area contributed by atoms with Crippen LogP contribution in [-0.2, 0) is 38.3 Å². The van der Waals surface area contributed by atoms with E-state index >= 15 is 0 Å². The van der Waals surface area contributed by atoms with Gasteiger partial charge in [-0.15, -0.1) is 0 Å². The number of hydrogen-bond acceptors (Lipinski definition) is 11. The van der Waals surface area contributed by atoms with E-state index in [1.54, 1.807) is 0 Å². The third kappa shape index (κ3) is 15.3. The second kappa shape index (κ2) is 19.2. The van der Waals surface area contributed by atoms with Crippen molar-refractivity contribution in [2.45, 2.75) is 121 Å². The summed E-state index contributed by atoms with van der Waals surface area (Å²) in [6.45, 7) is 2.91. The van der Waals surface area contributed by atoms with Crippen LogP contribution in [0.25, 0.3) is 0 Å². The van der Waals surface area contributed by atoms with Crippen molar-refractivity contribution in [2.75, 3.05) is 26.4 Å². The van der Waals surface area contributed by atoms with Crippen LogP contribution in [-0.4, -0.2) is 97.5 Å². The average Bonchev–Trinajstić information content (AvgIpc) is 2.83. The van der Waals surface area contributed by atoms with Crippen molar-refractivity contribution in [1.82, 2.24) is 0 Å². The van der Waals surface area contributed by atoms with Crippen molar-refractivity contribution in [2.24, 2.45) is 0 Å². The van der Waals surface area contributed by atoms with Crippen LogP contribution in [0.3, 0.4) is 0 Å². The Bertz CT molecular complexity index is 704. The summed E-state index contributed by atoms with van der Waals surface area (Å²) < 4.78 is 56.9. The van der Waals surface area contributed by atoms with Gasteiger partial charge in [-0.25, -0.2) is 4.18 Å². The zero-order chi connectivity index (χ0) is 27.7. The lowest BCUT2D eigenvalue weighted by atomic mass is 9.99. The molecule has 6 atom stereocenters. The maximum absolute atomic E-state index is 11.5. The molecular weight excluding hydrogens is 512 g/mol. The first-order valence-corrected chi connectivity index (χ1v) is 14.6. The van der Waals surface area contributed by atoms with E-state index in [2.05, 4.69) is 11.1 Å². The Kier molecular flexibility index (Phi) is 17.7. The zero-order valence-corrected chi connectivity index (χ0v) is 22.9. The number of ether oxygens (including phenoxy) is 4. The Balaban J connectivity index is 2.37. The molecular formula is C24H46O12S. The van der Waals surface area contributed by atoms with Crippen LogP contribution in [0.2, 0.25) is 0 Å². The van der Waals surface area contributed by atoms with Crippen LogP contribution in [0.5, 0.6) is 0 Å². The van der Waals surface area contributed by atoms with E-state index in [9.17, 15) is 28.5 Å². The molecule has 0 aromatic carbocycles. The molecule has 0 radical (unpaired) electrons. The largest absolute Gasteiger partial charge is 0.458 e. The third-order valence-corrected chi connectivity index (χ3v) is 6.49. The van der Waals surface area contributed by atoms with Gasteiger partial charge in [0.15, 0.2) is 6.29 Å². The topological polar surface area (TPSA) is 178 Å². The summed E-state index contributed by atoms with van der Waals surface area (Å²) in [7, 11) is -5.03. The molecule has 220 valence electrons. The fourth-order valence-corrected chi connectivity index (χ4v) is 4.59. The fourth-order valence-electron chi connectivity index (χ4n) is 4.08. The van der Waals surface area contributed by atoms with Crippen molar-refractivity contribution in [3.63, 3.8) is 0 Å². The van der Waals surface area contributed by atoms with Gasteiger partial charge < -0.3 is 34.3 Å². The number of unbranched alkanes of at least 4 members (excludes halogenated alkanes) is 10. The number of carbonyl (C=O) groups excluding carboxylic acids is 1. The third-order valence-electron chi connectivity index (χ3n) is 6.03. The van der Waals surface area contributed by atoms with E-state index in [0.717, 1.165) is 19.3 Å². The van der Waals surface area contributed by atoms with Gasteiger partial charge in [-0.05, 0) is 6.42 Å². The summed E-state index contributed by atoms with van der Waals surface area (Å²) in [4.78, 5) is 11.5. The van der Waals surface area contributed by atoms with Gasteiger partial charge in [-0.1, -0.05) is 71.1 Å². The van der Waals surface area contributed by atoms with E-state index in [4.69, 9.17) is 23.5 Å². The fraction of sp³-hybridized carbons (Fsp3) is 0.958. The zero-order valence-electron chi connectivity index (χ0n) is 22.0. The number of rotatable bonds is 21. The van der Waals surface area contributed by atoms with Crippen LogP contribution in [0.4, 0.5) is 0 Å². The first-order valence-electron chi connectivity index (χ1n) is 13.2. The van der Waals surface area contributed by atoms with E-state index in [0.29, 0.717) is 6.61 Å². The Morgan fingerprint density at radius 3 is 2.00 bits per heavy atom. The Hall–Kier alpha value is -0.900. The van der Waals surface area contributed by atoms with Crippen LogP contribution >= 0.6 is 0 Å². The minimum Gasteiger partial charge on any atom is -0.458 e. The van der Waals surface area contributed by atoms with Gasteiger partial charge in [0.1, 0.15) is 30.5 Å². The second-order valence-corrected chi connectivity index (χ2v) is 10.4. The molecule has 13 heteroatoms. The molecule has 0 aromatic rings. The first-order chi connectivity index (χ1) is 17.6. The summed E-state index contributed by atoms with van der Waals surface area (Å²) in [5.74, 6) is -0.576. The SMILES string of the molecule is CCCCCCCCCCCCCOCC(COC1OC(CO)C(O)C(OS(=O)(=O)O)C1O)OC(C)=O. The minimum absolute atomic E-state index is 0.0250. The molecule has 1 fully saturated rings. The monoisotopic (exact) mass is 558 g/mol. The lowest BCUT2D eigenvalue weighted by molar-refractivity contribution is -0.301. The molecule has 0 saturated carbocycles. The summed E-state index contributed by atoms with van der Waals surface area (Å²) in [6.07, 6.45) is 4.11. The van der Waals surface area contributed by atoms with Gasteiger partial charge in [0, 0.05) is 13.5 Å². The van der Waals surface area contributed by atoms with Gasteiger partial charge in [-0.2, -0.15) is 8.42 Å². The van der Waals surface area contributed by atoms with Gasteiger partial charge in [0.05, 0.1) is 19.8 Å². The lowest BCUT2D eigenvalue weighted by Crippen LogP contribution is -2.60. The molecule has 0 bridgehead atoms. The van der Waals surface area contributed by atoms with Crippen LogP contribution in [0, 0.1) is 0 Å². The molecule has 1 rings (SSSR count). The lowest BCUT2D eigenvalue weighted by Gasteiger charge is -2.41. The highest BCUT2D eigenvalue weighted by atomic mass is 32.3. The minimum atomic E-state index is -5.03. The molecule has 0 amide bonds. The van der Waals surface area contributed by atoms with Crippen molar-refractivity contribution < 1.29 is 56.2 Å². The van der Waals surface area contributed by atoms with Gasteiger partial charge in [0.25, 0.3) is 0 Å². The molecule has 1 aliphatic heterocycles. The molecule has 37 heavy (non-hydrogen) atoms. The number of carbonyl (C=O) groups is 1. The number of aliphatic hydroxyl groups excluding tert-OH is 3. The molecule has 0 aromatic heterocycles. The van der Waals surface area contributed by atoms with Crippen LogP contribution < -0.4 is 0 Å². The van der Waals surface area contributed by atoms with Crippen LogP contribution in [0.1, 0.15) is 84.5 Å². The summed E-state index contributed by atoms with van der Waals surface area (Å²) >= 11 is 0. The Labute approximate surface area is 220 Å². The predicted molar refractivity (Wildman–Crippen MR) is 133 cm³/mol. The molecule has 6 unspecified atom stereocenters. The predicted octanol–water partition coefficient (Wildman–Crippen LogP) is 1.89. The van der Waals surface area contributed by atoms with Gasteiger partial charge >= 0.3 is 16.4 Å². The van der Waals surface area contributed by atoms with Crippen LogP contribution in [0.15, 0.2) is 0 Å². The van der Waals surface area contributed by atoms with Crippen molar-refractivity contribution in [3.05, 3.63) is 0 Å².